The Morgan fingerprint density at radius 1 is 1.29 bits per heavy atom. The van der Waals surface area contributed by atoms with Gasteiger partial charge in [0.2, 0.25) is 0 Å². The third-order valence-electron chi connectivity index (χ3n) is 2.71. The molecular weight excluding hydrogens is 283 g/mol. The van der Waals surface area contributed by atoms with Gasteiger partial charge in [-0.25, -0.2) is 9.37 Å². The second kappa shape index (κ2) is 4.61. The number of aromatic nitrogens is 1. The summed E-state index contributed by atoms with van der Waals surface area (Å²) in [7, 11) is 1.83. The second-order valence-electron chi connectivity index (χ2n) is 4.28. The van der Waals surface area contributed by atoms with Gasteiger partial charge in [-0.3, -0.25) is 0 Å². The molecule has 1 N–H and O–H groups in total. The largest absolute Gasteiger partial charge is 0.388 e. The average Bonchev–Trinajstić information content (AvgIpc) is 2.27. The summed E-state index contributed by atoms with van der Waals surface area (Å²) in [6, 6.07) is 5.29. The molecule has 0 aliphatic carbocycles. The summed E-state index contributed by atoms with van der Waals surface area (Å²) in [5.74, 6) is -0.0251. The lowest BCUT2D eigenvalue weighted by Crippen LogP contribution is -1.99. The maximum atomic E-state index is 13.9. The predicted molar refractivity (Wildman–Crippen MR) is 73.0 cm³/mol. The maximum absolute atomic E-state index is 13.9. The van der Waals surface area contributed by atoms with Crippen molar-refractivity contribution < 1.29 is 4.39 Å². The smallest absolute Gasteiger partial charge is 0.150 e. The summed E-state index contributed by atoms with van der Waals surface area (Å²) < 4.78 is 14.6. The predicted octanol–water partition coefficient (Wildman–Crippen LogP) is 4.30. The molecule has 1 aromatic carbocycles. The number of benzene rings is 1. The number of hydrogen-bond donors (Lipinski definition) is 1. The zero-order valence-corrected chi connectivity index (χ0v) is 11.6. The fourth-order valence-electron chi connectivity index (χ4n) is 1.77. The fourth-order valence-corrected chi connectivity index (χ4v) is 2.20. The highest BCUT2D eigenvalue weighted by atomic mass is 79.9. The first-order valence-electron chi connectivity index (χ1n) is 5.50. The minimum Gasteiger partial charge on any atom is -0.388 e. The first kappa shape index (κ1) is 12.3. The van der Waals surface area contributed by atoms with Crippen LogP contribution in [0.4, 0.5) is 10.1 Å². The molecule has 1 heterocycles. The summed E-state index contributed by atoms with van der Waals surface area (Å²) in [6.07, 6.45) is 0. The number of anilines is 1. The van der Waals surface area contributed by atoms with Crippen LogP contribution in [0.5, 0.6) is 0 Å². The van der Waals surface area contributed by atoms with Gasteiger partial charge in [0.15, 0.2) is 5.82 Å². The van der Waals surface area contributed by atoms with E-state index in [2.05, 4.69) is 26.2 Å². The molecule has 1 aromatic heterocycles. The zero-order chi connectivity index (χ0) is 12.6. The van der Waals surface area contributed by atoms with Crippen LogP contribution >= 0.6 is 15.9 Å². The van der Waals surface area contributed by atoms with Crippen molar-refractivity contribution in [3.8, 4) is 0 Å². The van der Waals surface area contributed by atoms with Crippen LogP contribution < -0.4 is 5.32 Å². The van der Waals surface area contributed by atoms with Crippen molar-refractivity contribution in [1.29, 1.82) is 0 Å². The third-order valence-corrected chi connectivity index (χ3v) is 3.17. The van der Waals surface area contributed by atoms with Crippen molar-refractivity contribution >= 4 is 32.5 Å². The first-order valence-corrected chi connectivity index (χ1v) is 6.29. The number of halogens is 2. The minimum atomic E-state index is -0.298. The van der Waals surface area contributed by atoms with Gasteiger partial charge in [0.05, 0.1) is 0 Å². The average molecular weight is 297 g/mol. The van der Waals surface area contributed by atoms with Gasteiger partial charge >= 0.3 is 0 Å². The van der Waals surface area contributed by atoms with Gasteiger partial charge in [0, 0.05) is 28.3 Å². The Morgan fingerprint density at radius 2 is 2.00 bits per heavy atom. The van der Waals surface area contributed by atoms with E-state index in [0.29, 0.717) is 5.52 Å². The van der Waals surface area contributed by atoms with E-state index in [1.165, 1.54) is 6.07 Å². The van der Waals surface area contributed by atoms with Gasteiger partial charge in [-0.1, -0.05) is 29.8 Å². The maximum Gasteiger partial charge on any atom is 0.150 e. The molecule has 17 heavy (non-hydrogen) atoms. The number of pyridine rings is 1. The van der Waals surface area contributed by atoms with Crippen molar-refractivity contribution in [1.82, 2.24) is 4.98 Å². The van der Waals surface area contributed by atoms with Crippen LogP contribution in [0, 0.1) is 5.82 Å². The minimum absolute atomic E-state index is 0.273. The van der Waals surface area contributed by atoms with Gasteiger partial charge in [0.1, 0.15) is 5.52 Å². The molecular formula is C13H14BrFN2. The summed E-state index contributed by atoms with van der Waals surface area (Å²) in [5, 5.41) is 3.89. The standard InChI is InChI=1S/C13H14BrFN2/c1-7(2)11-6-12(16-3)9-4-8(14)5-10(15)13(9)17-11/h4-7H,1-3H3,(H,16,17). The SMILES string of the molecule is CNc1cc(C(C)C)nc2c(F)cc(Br)cc12. The highest BCUT2D eigenvalue weighted by Crippen LogP contribution is 2.30. The Balaban J connectivity index is 2.82. The van der Waals surface area contributed by atoms with Crippen molar-refractivity contribution in [3.05, 3.63) is 34.2 Å². The highest BCUT2D eigenvalue weighted by Gasteiger charge is 2.11. The lowest BCUT2D eigenvalue weighted by molar-refractivity contribution is 0.635. The number of fused-ring (bicyclic) bond motifs is 1. The fraction of sp³-hybridized carbons (Fsp3) is 0.308. The van der Waals surface area contributed by atoms with Gasteiger partial charge in [-0.15, -0.1) is 0 Å². The van der Waals surface area contributed by atoms with Crippen molar-refractivity contribution in [2.24, 2.45) is 0 Å². The van der Waals surface area contributed by atoms with Gasteiger partial charge in [-0.05, 0) is 24.1 Å². The van der Waals surface area contributed by atoms with Gasteiger partial charge in [0.25, 0.3) is 0 Å². The molecule has 0 radical (unpaired) electrons. The number of hydrogen-bond acceptors (Lipinski definition) is 2. The Bertz CT molecular complexity index is 567. The van der Waals surface area contributed by atoms with Crippen molar-refractivity contribution in [2.75, 3.05) is 12.4 Å². The third kappa shape index (κ3) is 2.27. The van der Waals surface area contributed by atoms with Crippen LogP contribution in [0.3, 0.4) is 0 Å². The van der Waals surface area contributed by atoms with Gasteiger partial charge in [-0.2, -0.15) is 0 Å². The summed E-state index contributed by atoms with van der Waals surface area (Å²) in [4.78, 5) is 4.39. The van der Waals surface area contributed by atoms with E-state index in [-0.39, 0.29) is 11.7 Å². The lowest BCUT2D eigenvalue weighted by Gasteiger charge is -2.12. The van der Waals surface area contributed by atoms with Crippen LogP contribution in [-0.2, 0) is 0 Å². The molecule has 0 fully saturated rings. The van der Waals surface area contributed by atoms with Gasteiger partial charge < -0.3 is 5.32 Å². The van der Waals surface area contributed by atoms with E-state index in [4.69, 9.17) is 0 Å². The molecule has 4 heteroatoms. The number of rotatable bonds is 2. The molecule has 0 bridgehead atoms. The Morgan fingerprint density at radius 3 is 2.59 bits per heavy atom. The monoisotopic (exact) mass is 296 g/mol. The van der Waals surface area contributed by atoms with Crippen molar-refractivity contribution in [2.45, 2.75) is 19.8 Å². The molecule has 0 saturated heterocycles. The molecule has 0 spiro atoms. The quantitative estimate of drug-likeness (QED) is 0.894. The molecule has 2 aromatic rings. The summed E-state index contributed by atoms with van der Waals surface area (Å²) in [5.41, 5.74) is 2.21. The van der Waals surface area contributed by atoms with E-state index >= 15 is 0 Å². The second-order valence-corrected chi connectivity index (χ2v) is 5.20. The molecule has 0 aliphatic heterocycles. The molecule has 0 unspecified atom stereocenters. The lowest BCUT2D eigenvalue weighted by atomic mass is 10.1. The van der Waals surface area contributed by atoms with Crippen LogP contribution in [-0.4, -0.2) is 12.0 Å². The molecule has 2 nitrogen and oxygen atoms in total. The van der Waals surface area contributed by atoms with E-state index in [1.54, 1.807) is 0 Å². The Kier molecular flexibility index (Phi) is 3.33. The Labute approximate surface area is 108 Å². The first-order chi connectivity index (χ1) is 8.02. The summed E-state index contributed by atoms with van der Waals surface area (Å²) in [6.45, 7) is 4.09. The topological polar surface area (TPSA) is 24.9 Å². The molecule has 0 aliphatic rings. The molecule has 0 saturated carbocycles. The van der Waals surface area contributed by atoms with Crippen LogP contribution in [0.25, 0.3) is 10.9 Å². The number of nitrogens with zero attached hydrogens (tertiary/aromatic N) is 1. The normalized spacial score (nSPS) is 11.2. The zero-order valence-electron chi connectivity index (χ0n) is 10.0. The van der Waals surface area contributed by atoms with E-state index in [0.717, 1.165) is 21.2 Å². The molecule has 0 amide bonds. The van der Waals surface area contributed by atoms with E-state index in [9.17, 15) is 4.39 Å². The van der Waals surface area contributed by atoms with Crippen molar-refractivity contribution in [3.63, 3.8) is 0 Å². The number of nitrogens with one attached hydrogen (secondary N) is 1. The Hall–Kier alpha value is -1.16. The van der Waals surface area contributed by atoms with E-state index in [1.807, 2.05) is 33.0 Å². The highest BCUT2D eigenvalue weighted by molar-refractivity contribution is 9.10. The van der Waals surface area contributed by atoms with Crippen LogP contribution in [0.1, 0.15) is 25.5 Å². The van der Waals surface area contributed by atoms with Crippen LogP contribution in [0.2, 0.25) is 0 Å². The van der Waals surface area contributed by atoms with Crippen LogP contribution in [0.15, 0.2) is 22.7 Å². The van der Waals surface area contributed by atoms with E-state index < -0.39 is 0 Å². The molecule has 0 atom stereocenters. The molecule has 90 valence electrons. The summed E-state index contributed by atoms with van der Waals surface area (Å²) >= 11 is 3.30. The molecule has 2 rings (SSSR count).